The Kier molecular flexibility index (Phi) is 2.63. The zero-order valence-corrected chi connectivity index (χ0v) is 8.43. The molecule has 2 rings (SSSR count). The first-order chi connectivity index (χ1) is 6.77. The lowest BCUT2D eigenvalue weighted by molar-refractivity contribution is 0.487. The summed E-state index contributed by atoms with van der Waals surface area (Å²) in [5.74, 6) is 1.41. The minimum absolute atomic E-state index is 0.267. The van der Waals surface area contributed by atoms with Crippen molar-refractivity contribution in [3.05, 3.63) is 18.5 Å². The summed E-state index contributed by atoms with van der Waals surface area (Å²) in [4.78, 5) is 10.7. The highest BCUT2D eigenvalue weighted by Gasteiger charge is 2.26. The minimum atomic E-state index is 0.267. The monoisotopic (exact) mass is 192 g/mol. The van der Waals surface area contributed by atoms with Gasteiger partial charge in [-0.2, -0.15) is 0 Å². The average Bonchev–Trinajstić information content (AvgIpc) is 2.68. The molecular weight excluding hydrogens is 176 g/mol. The molecule has 4 heteroatoms. The van der Waals surface area contributed by atoms with E-state index < -0.39 is 0 Å². The van der Waals surface area contributed by atoms with E-state index in [2.05, 4.69) is 21.8 Å². The molecule has 0 spiro atoms. The number of anilines is 1. The van der Waals surface area contributed by atoms with Gasteiger partial charge in [0.25, 0.3) is 0 Å². The Morgan fingerprint density at radius 2 is 2.21 bits per heavy atom. The van der Waals surface area contributed by atoms with Gasteiger partial charge in [0.2, 0.25) is 5.95 Å². The Balaban J connectivity index is 2.03. The van der Waals surface area contributed by atoms with Gasteiger partial charge in [0.15, 0.2) is 0 Å². The van der Waals surface area contributed by atoms with E-state index in [0.717, 1.165) is 25.5 Å². The van der Waals surface area contributed by atoms with E-state index in [1.807, 2.05) is 6.07 Å². The molecule has 2 atom stereocenters. The summed E-state index contributed by atoms with van der Waals surface area (Å²) in [6.07, 6.45) is 4.71. The third kappa shape index (κ3) is 1.85. The van der Waals surface area contributed by atoms with Gasteiger partial charge in [-0.05, 0) is 25.3 Å². The Labute approximate surface area is 84.2 Å². The van der Waals surface area contributed by atoms with Crippen LogP contribution in [0.15, 0.2) is 18.5 Å². The van der Waals surface area contributed by atoms with Gasteiger partial charge in [-0.3, -0.25) is 0 Å². The molecular formula is C10H16N4. The maximum Gasteiger partial charge on any atom is 0.225 e. The quantitative estimate of drug-likeness (QED) is 0.747. The smallest absolute Gasteiger partial charge is 0.225 e. The second kappa shape index (κ2) is 3.92. The molecule has 0 amide bonds. The molecule has 1 aromatic heterocycles. The van der Waals surface area contributed by atoms with Gasteiger partial charge in [0.05, 0.1) is 0 Å². The van der Waals surface area contributed by atoms with Crippen molar-refractivity contribution in [2.45, 2.75) is 19.4 Å². The van der Waals surface area contributed by atoms with Crippen LogP contribution in [0.3, 0.4) is 0 Å². The summed E-state index contributed by atoms with van der Waals surface area (Å²) in [6, 6.07) is 2.10. The van der Waals surface area contributed by atoms with Crippen LogP contribution in [0, 0.1) is 5.92 Å². The van der Waals surface area contributed by atoms with E-state index in [1.165, 1.54) is 0 Å². The normalized spacial score (nSPS) is 23.9. The molecule has 14 heavy (non-hydrogen) atoms. The zero-order valence-electron chi connectivity index (χ0n) is 8.43. The largest absolute Gasteiger partial charge is 0.340 e. The molecule has 0 saturated carbocycles. The maximum absolute atomic E-state index is 5.87. The van der Waals surface area contributed by atoms with Gasteiger partial charge in [0.1, 0.15) is 0 Å². The first-order valence-electron chi connectivity index (χ1n) is 5.05. The lowest BCUT2D eigenvalue weighted by atomic mass is 10.0. The van der Waals surface area contributed by atoms with Crippen LogP contribution in [0.5, 0.6) is 0 Å². The number of nitrogens with zero attached hydrogens (tertiary/aromatic N) is 3. The summed E-state index contributed by atoms with van der Waals surface area (Å²) in [5.41, 5.74) is 5.87. The summed E-state index contributed by atoms with van der Waals surface area (Å²) in [5, 5.41) is 0. The predicted molar refractivity (Wildman–Crippen MR) is 56.0 cm³/mol. The number of rotatable bonds is 2. The van der Waals surface area contributed by atoms with Crippen LogP contribution >= 0.6 is 0 Å². The standard InChI is InChI=1S/C10H16N4/c1-8(11)9-3-6-14(7-9)10-12-4-2-5-13-10/h2,4-5,8-9H,3,6-7,11H2,1H3. The third-order valence-corrected chi connectivity index (χ3v) is 2.80. The van der Waals surface area contributed by atoms with Crippen molar-refractivity contribution in [1.82, 2.24) is 9.97 Å². The van der Waals surface area contributed by atoms with Crippen molar-refractivity contribution in [1.29, 1.82) is 0 Å². The van der Waals surface area contributed by atoms with E-state index in [1.54, 1.807) is 12.4 Å². The molecule has 2 heterocycles. The molecule has 0 bridgehead atoms. The van der Waals surface area contributed by atoms with Crippen LogP contribution in [0.25, 0.3) is 0 Å². The fourth-order valence-electron chi connectivity index (χ4n) is 1.85. The van der Waals surface area contributed by atoms with Crippen LogP contribution in [-0.2, 0) is 0 Å². The van der Waals surface area contributed by atoms with Crippen molar-refractivity contribution in [3.63, 3.8) is 0 Å². The fourth-order valence-corrected chi connectivity index (χ4v) is 1.85. The molecule has 1 fully saturated rings. The van der Waals surface area contributed by atoms with Crippen LogP contribution in [0.1, 0.15) is 13.3 Å². The summed E-state index contributed by atoms with van der Waals surface area (Å²) >= 11 is 0. The second-order valence-electron chi connectivity index (χ2n) is 3.90. The van der Waals surface area contributed by atoms with Crippen LogP contribution in [-0.4, -0.2) is 29.1 Å². The summed E-state index contributed by atoms with van der Waals surface area (Å²) in [6.45, 7) is 4.08. The Bertz CT molecular complexity index is 285. The van der Waals surface area contributed by atoms with Gasteiger partial charge < -0.3 is 10.6 Å². The predicted octanol–water partition coefficient (Wildman–Crippen LogP) is 0.650. The van der Waals surface area contributed by atoms with Crippen molar-refractivity contribution < 1.29 is 0 Å². The van der Waals surface area contributed by atoms with E-state index >= 15 is 0 Å². The van der Waals surface area contributed by atoms with Gasteiger partial charge in [-0.15, -0.1) is 0 Å². The van der Waals surface area contributed by atoms with Gasteiger partial charge in [-0.25, -0.2) is 9.97 Å². The van der Waals surface area contributed by atoms with Crippen molar-refractivity contribution in [2.24, 2.45) is 11.7 Å². The molecule has 2 unspecified atom stereocenters. The Morgan fingerprint density at radius 3 is 2.79 bits per heavy atom. The molecule has 1 saturated heterocycles. The van der Waals surface area contributed by atoms with Crippen LogP contribution in [0.4, 0.5) is 5.95 Å². The van der Waals surface area contributed by atoms with Crippen LogP contribution < -0.4 is 10.6 Å². The molecule has 1 aliphatic heterocycles. The molecule has 4 nitrogen and oxygen atoms in total. The average molecular weight is 192 g/mol. The molecule has 0 radical (unpaired) electrons. The van der Waals surface area contributed by atoms with Crippen LogP contribution in [0.2, 0.25) is 0 Å². The van der Waals surface area contributed by atoms with E-state index in [4.69, 9.17) is 5.73 Å². The summed E-state index contributed by atoms with van der Waals surface area (Å²) in [7, 11) is 0. The Hall–Kier alpha value is -1.16. The highest BCUT2D eigenvalue weighted by Crippen LogP contribution is 2.21. The molecule has 0 aliphatic carbocycles. The number of aromatic nitrogens is 2. The molecule has 76 valence electrons. The minimum Gasteiger partial charge on any atom is -0.340 e. The van der Waals surface area contributed by atoms with Gasteiger partial charge in [0, 0.05) is 31.5 Å². The van der Waals surface area contributed by atoms with E-state index in [9.17, 15) is 0 Å². The number of nitrogens with two attached hydrogens (primary N) is 1. The third-order valence-electron chi connectivity index (χ3n) is 2.80. The lowest BCUT2D eigenvalue weighted by Crippen LogP contribution is -2.30. The highest BCUT2D eigenvalue weighted by atomic mass is 15.3. The van der Waals surface area contributed by atoms with E-state index in [0.29, 0.717) is 5.92 Å². The van der Waals surface area contributed by atoms with Crippen molar-refractivity contribution >= 4 is 5.95 Å². The zero-order chi connectivity index (χ0) is 9.97. The highest BCUT2D eigenvalue weighted by molar-refractivity contribution is 5.30. The first kappa shape index (κ1) is 9.40. The van der Waals surface area contributed by atoms with Crippen molar-refractivity contribution in [3.8, 4) is 0 Å². The lowest BCUT2D eigenvalue weighted by Gasteiger charge is -2.17. The van der Waals surface area contributed by atoms with E-state index in [-0.39, 0.29) is 6.04 Å². The first-order valence-corrected chi connectivity index (χ1v) is 5.05. The molecule has 0 aromatic carbocycles. The maximum atomic E-state index is 5.87. The molecule has 2 N–H and O–H groups in total. The van der Waals surface area contributed by atoms with Gasteiger partial charge >= 0.3 is 0 Å². The topological polar surface area (TPSA) is 55.0 Å². The number of hydrogen-bond donors (Lipinski definition) is 1. The SMILES string of the molecule is CC(N)C1CCN(c2ncccn2)C1. The van der Waals surface area contributed by atoms with Crippen molar-refractivity contribution in [2.75, 3.05) is 18.0 Å². The molecule has 1 aromatic rings. The molecule has 1 aliphatic rings. The second-order valence-corrected chi connectivity index (χ2v) is 3.90. The number of hydrogen-bond acceptors (Lipinski definition) is 4. The fraction of sp³-hybridized carbons (Fsp3) is 0.600. The summed E-state index contributed by atoms with van der Waals surface area (Å²) < 4.78 is 0. The Morgan fingerprint density at radius 1 is 1.50 bits per heavy atom. The van der Waals surface area contributed by atoms with Gasteiger partial charge in [-0.1, -0.05) is 0 Å².